The number of nitrogens with zero attached hydrogens (tertiary/aromatic N) is 2. The average molecular weight is 315 g/mol. The van der Waals surface area contributed by atoms with E-state index in [0.717, 1.165) is 4.90 Å². The summed E-state index contributed by atoms with van der Waals surface area (Å²) in [4.78, 5) is 27.4. The second kappa shape index (κ2) is 6.15. The van der Waals surface area contributed by atoms with Gasteiger partial charge in [0, 0.05) is 7.05 Å². The highest BCUT2D eigenvalue weighted by Crippen LogP contribution is 2.19. The lowest BCUT2D eigenvalue weighted by Crippen LogP contribution is -2.28. The van der Waals surface area contributed by atoms with Crippen LogP contribution in [0.15, 0.2) is 29.3 Å². The monoisotopic (exact) mass is 314 g/mol. The fourth-order valence-corrected chi connectivity index (χ4v) is 1.48. The molecule has 0 saturated carbocycles. The lowest BCUT2D eigenvalue weighted by molar-refractivity contribution is 0.0689. The number of carboxylic acids is 1. The number of hydrogen-bond donors (Lipinski definition) is 1. The van der Waals surface area contributed by atoms with Gasteiger partial charge in [-0.25, -0.2) is 14.6 Å². The molecule has 1 aromatic heterocycles. The third-order valence-corrected chi connectivity index (χ3v) is 2.62. The minimum absolute atomic E-state index is 0.0749. The van der Waals surface area contributed by atoms with E-state index in [9.17, 15) is 9.59 Å². The molecule has 1 aromatic rings. The van der Waals surface area contributed by atoms with Gasteiger partial charge in [0.1, 0.15) is 12.4 Å². The average Bonchev–Trinajstić information content (AvgIpc) is 2.35. The first-order valence-electron chi connectivity index (χ1n) is 4.88. The Kier molecular flexibility index (Phi) is 4.85. The van der Waals surface area contributed by atoms with E-state index in [1.54, 1.807) is 0 Å². The van der Waals surface area contributed by atoms with Crippen LogP contribution in [-0.4, -0.2) is 35.8 Å². The SMILES string of the molecule is C=CCOC(=O)N(C)c1ccc(Br)c(C(=O)O)n1. The lowest BCUT2D eigenvalue weighted by atomic mass is 10.3. The quantitative estimate of drug-likeness (QED) is 0.862. The van der Waals surface area contributed by atoms with Crippen molar-refractivity contribution in [1.82, 2.24) is 4.98 Å². The van der Waals surface area contributed by atoms with Gasteiger partial charge in [-0.2, -0.15) is 0 Å². The molecule has 0 fully saturated rings. The Morgan fingerprint density at radius 2 is 2.28 bits per heavy atom. The first-order valence-corrected chi connectivity index (χ1v) is 5.68. The number of carbonyl (C=O) groups is 2. The van der Waals surface area contributed by atoms with Gasteiger partial charge in [-0.15, -0.1) is 0 Å². The van der Waals surface area contributed by atoms with Gasteiger partial charge in [-0.3, -0.25) is 4.90 Å². The van der Waals surface area contributed by atoms with Gasteiger partial charge in [0.05, 0.1) is 4.47 Å². The smallest absolute Gasteiger partial charge is 0.415 e. The molecule has 1 N–H and O–H groups in total. The van der Waals surface area contributed by atoms with Crippen molar-refractivity contribution in [3.63, 3.8) is 0 Å². The molecule has 96 valence electrons. The van der Waals surface area contributed by atoms with E-state index in [2.05, 4.69) is 27.5 Å². The summed E-state index contributed by atoms with van der Waals surface area (Å²) in [5.74, 6) is -0.999. The molecule has 0 bridgehead atoms. The largest absolute Gasteiger partial charge is 0.476 e. The predicted octanol–water partition coefficient (Wildman–Crippen LogP) is 2.30. The molecule has 0 aliphatic heterocycles. The minimum atomic E-state index is -1.18. The van der Waals surface area contributed by atoms with Crippen LogP contribution in [0.4, 0.5) is 10.6 Å². The Labute approximate surface area is 112 Å². The summed E-state index contributed by atoms with van der Waals surface area (Å²) in [6.07, 6.45) is 0.796. The van der Waals surface area contributed by atoms with E-state index in [-0.39, 0.29) is 18.1 Å². The van der Waals surface area contributed by atoms with Gasteiger partial charge < -0.3 is 9.84 Å². The Bertz CT molecular complexity index is 490. The van der Waals surface area contributed by atoms with E-state index in [1.165, 1.54) is 25.3 Å². The van der Waals surface area contributed by atoms with Crippen molar-refractivity contribution in [2.75, 3.05) is 18.6 Å². The Morgan fingerprint density at radius 1 is 1.61 bits per heavy atom. The van der Waals surface area contributed by atoms with Crippen LogP contribution in [0.25, 0.3) is 0 Å². The first kappa shape index (κ1) is 14.2. The Morgan fingerprint density at radius 3 is 2.83 bits per heavy atom. The lowest BCUT2D eigenvalue weighted by Gasteiger charge is -2.16. The number of carboxylic acid groups (broad SMARTS) is 1. The fraction of sp³-hybridized carbons (Fsp3) is 0.182. The van der Waals surface area contributed by atoms with Crippen LogP contribution < -0.4 is 4.90 Å². The molecule has 18 heavy (non-hydrogen) atoms. The molecule has 0 radical (unpaired) electrons. The normalized spacial score (nSPS) is 9.67. The summed E-state index contributed by atoms with van der Waals surface area (Å²) in [7, 11) is 1.44. The highest BCUT2D eigenvalue weighted by molar-refractivity contribution is 9.10. The molecule has 1 heterocycles. The summed E-state index contributed by atoms with van der Waals surface area (Å²) in [5.41, 5.74) is -0.170. The molecule has 0 spiro atoms. The standard InChI is InChI=1S/C11H11BrN2O4/c1-3-6-18-11(17)14(2)8-5-4-7(12)9(13-8)10(15)16/h3-5H,1,6H2,2H3,(H,15,16). The number of aromatic carboxylic acids is 1. The van der Waals surface area contributed by atoms with Crippen molar-refractivity contribution >= 4 is 33.8 Å². The molecule has 1 amide bonds. The number of carbonyl (C=O) groups excluding carboxylic acids is 1. The van der Waals surface area contributed by atoms with Gasteiger partial charge in [0.15, 0.2) is 5.69 Å². The van der Waals surface area contributed by atoms with Crippen LogP contribution in [0, 0.1) is 0 Å². The highest BCUT2D eigenvalue weighted by Gasteiger charge is 2.17. The summed E-state index contributed by atoms with van der Waals surface area (Å²) < 4.78 is 5.15. The molecule has 1 rings (SSSR count). The van der Waals surface area contributed by atoms with Crippen molar-refractivity contribution in [3.05, 3.63) is 35.0 Å². The third kappa shape index (κ3) is 3.30. The van der Waals surface area contributed by atoms with Gasteiger partial charge in [0.25, 0.3) is 0 Å². The molecule has 0 saturated heterocycles. The number of amides is 1. The number of halogens is 1. The summed E-state index contributed by atoms with van der Waals surface area (Å²) in [5, 5.41) is 8.91. The second-order valence-electron chi connectivity index (χ2n) is 3.23. The highest BCUT2D eigenvalue weighted by atomic mass is 79.9. The van der Waals surface area contributed by atoms with E-state index in [1.807, 2.05) is 0 Å². The molecule has 0 aliphatic rings. The number of anilines is 1. The van der Waals surface area contributed by atoms with Gasteiger partial charge in [-0.1, -0.05) is 12.7 Å². The number of aromatic nitrogens is 1. The molecule has 0 aliphatic carbocycles. The van der Waals surface area contributed by atoms with Crippen molar-refractivity contribution in [2.45, 2.75) is 0 Å². The van der Waals surface area contributed by atoms with Crippen LogP contribution in [0.2, 0.25) is 0 Å². The fourth-order valence-electron chi connectivity index (χ4n) is 1.09. The van der Waals surface area contributed by atoms with E-state index in [0.29, 0.717) is 4.47 Å². The van der Waals surface area contributed by atoms with E-state index < -0.39 is 12.1 Å². The maximum Gasteiger partial charge on any atom is 0.415 e. The Hall–Kier alpha value is -1.89. The number of pyridine rings is 1. The third-order valence-electron chi connectivity index (χ3n) is 1.98. The van der Waals surface area contributed by atoms with Crippen LogP contribution in [-0.2, 0) is 4.74 Å². The van der Waals surface area contributed by atoms with Gasteiger partial charge in [0.2, 0.25) is 0 Å². The molecular formula is C11H11BrN2O4. The summed E-state index contributed by atoms with van der Waals surface area (Å²) in [6.45, 7) is 3.49. The molecule has 6 nitrogen and oxygen atoms in total. The van der Waals surface area contributed by atoms with E-state index >= 15 is 0 Å². The van der Waals surface area contributed by atoms with Crippen LogP contribution in [0.3, 0.4) is 0 Å². The first-order chi connectivity index (χ1) is 8.47. The van der Waals surface area contributed by atoms with Crippen LogP contribution >= 0.6 is 15.9 Å². The topological polar surface area (TPSA) is 79.7 Å². The molecule has 0 unspecified atom stereocenters. The predicted molar refractivity (Wildman–Crippen MR) is 68.8 cm³/mol. The van der Waals surface area contributed by atoms with E-state index in [4.69, 9.17) is 9.84 Å². The molecular weight excluding hydrogens is 304 g/mol. The number of rotatable bonds is 4. The second-order valence-corrected chi connectivity index (χ2v) is 4.08. The number of ether oxygens (including phenoxy) is 1. The number of hydrogen-bond acceptors (Lipinski definition) is 4. The zero-order valence-corrected chi connectivity index (χ0v) is 11.2. The Balaban J connectivity index is 2.96. The van der Waals surface area contributed by atoms with Gasteiger partial charge in [-0.05, 0) is 28.1 Å². The summed E-state index contributed by atoms with van der Waals surface area (Å²) in [6, 6.07) is 3.01. The van der Waals surface area contributed by atoms with Crippen LogP contribution in [0.1, 0.15) is 10.5 Å². The molecule has 0 aromatic carbocycles. The minimum Gasteiger partial charge on any atom is -0.476 e. The zero-order valence-electron chi connectivity index (χ0n) is 9.59. The summed E-state index contributed by atoms with van der Waals surface area (Å²) >= 11 is 3.07. The molecule has 7 heteroatoms. The van der Waals surface area contributed by atoms with Gasteiger partial charge >= 0.3 is 12.1 Å². The zero-order chi connectivity index (χ0) is 13.7. The van der Waals surface area contributed by atoms with Crippen molar-refractivity contribution in [1.29, 1.82) is 0 Å². The van der Waals surface area contributed by atoms with Crippen molar-refractivity contribution in [3.8, 4) is 0 Å². The van der Waals surface area contributed by atoms with Crippen molar-refractivity contribution in [2.24, 2.45) is 0 Å². The van der Waals surface area contributed by atoms with Crippen molar-refractivity contribution < 1.29 is 19.4 Å². The maximum absolute atomic E-state index is 11.5. The molecule has 0 atom stereocenters. The van der Waals surface area contributed by atoms with Crippen LogP contribution in [0.5, 0.6) is 0 Å². The maximum atomic E-state index is 11.5.